The molecule has 0 aromatic carbocycles. The molecule has 0 heterocycles. The molecule has 0 aliphatic rings. The van der Waals surface area contributed by atoms with Gasteiger partial charge in [0, 0.05) is 0 Å². The number of allylic oxidation sites excluding steroid dienone is 1. The number of hydrogen-bond donors (Lipinski definition) is 0. The maximum atomic E-state index is 5.11. The molecule has 0 unspecified atom stereocenters. The van der Waals surface area contributed by atoms with Crippen LogP contribution < -0.4 is 0 Å². The van der Waals surface area contributed by atoms with Crippen molar-refractivity contribution < 1.29 is 4.74 Å². The van der Waals surface area contributed by atoms with Crippen LogP contribution in [0.3, 0.4) is 0 Å². The van der Waals surface area contributed by atoms with Crippen molar-refractivity contribution in [2.45, 2.75) is 27.2 Å². The monoisotopic (exact) mass is 128 g/mol. The lowest BCUT2D eigenvalue weighted by Crippen LogP contribution is -1.84. The van der Waals surface area contributed by atoms with Crippen molar-refractivity contribution in [1.82, 2.24) is 0 Å². The van der Waals surface area contributed by atoms with Crippen LogP contribution in [0.4, 0.5) is 0 Å². The highest BCUT2D eigenvalue weighted by atomic mass is 16.5. The first-order valence-electron chi connectivity index (χ1n) is 3.55. The van der Waals surface area contributed by atoms with Crippen LogP contribution in [0.2, 0.25) is 0 Å². The van der Waals surface area contributed by atoms with Gasteiger partial charge < -0.3 is 4.74 Å². The normalized spacial score (nSPS) is 11.1. The minimum Gasteiger partial charge on any atom is -0.502 e. The van der Waals surface area contributed by atoms with Crippen molar-refractivity contribution in [3.05, 3.63) is 12.3 Å². The van der Waals surface area contributed by atoms with Gasteiger partial charge in [-0.3, -0.25) is 0 Å². The van der Waals surface area contributed by atoms with E-state index >= 15 is 0 Å². The van der Waals surface area contributed by atoms with Crippen LogP contribution in [0.15, 0.2) is 12.3 Å². The molecular weight excluding hydrogens is 112 g/mol. The third kappa shape index (κ3) is 7.54. The molecule has 0 bridgehead atoms. The third-order valence-corrected chi connectivity index (χ3v) is 0.882. The molecule has 0 fully saturated rings. The van der Waals surface area contributed by atoms with Crippen molar-refractivity contribution in [3.63, 3.8) is 0 Å². The topological polar surface area (TPSA) is 9.23 Å². The van der Waals surface area contributed by atoms with E-state index in [0.29, 0.717) is 5.92 Å². The Hall–Kier alpha value is -0.460. The van der Waals surface area contributed by atoms with Gasteiger partial charge in [-0.25, -0.2) is 0 Å². The average Bonchev–Trinajstić information content (AvgIpc) is 1.80. The second kappa shape index (κ2) is 5.67. The first kappa shape index (κ1) is 8.54. The fourth-order valence-corrected chi connectivity index (χ4v) is 0.399. The molecular formula is C8H16O. The summed E-state index contributed by atoms with van der Waals surface area (Å²) < 4.78 is 5.11. The van der Waals surface area contributed by atoms with E-state index in [-0.39, 0.29) is 0 Å². The summed E-state index contributed by atoms with van der Waals surface area (Å²) in [7, 11) is 0. The molecule has 0 rings (SSSR count). The second-order valence-corrected chi connectivity index (χ2v) is 2.44. The first-order valence-corrected chi connectivity index (χ1v) is 3.55. The highest BCUT2D eigenvalue weighted by molar-refractivity contribution is 4.76. The maximum absolute atomic E-state index is 5.11. The predicted octanol–water partition coefficient (Wildman–Crippen LogP) is 2.58. The van der Waals surface area contributed by atoms with Gasteiger partial charge in [0.05, 0.1) is 12.9 Å². The summed E-state index contributed by atoms with van der Waals surface area (Å²) in [5, 5.41) is 0. The predicted molar refractivity (Wildman–Crippen MR) is 40.2 cm³/mol. The van der Waals surface area contributed by atoms with Gasteiger partial charge >= 0.3 is 0 Å². The van der Waals surface area contributed by atoms with Crippen molar-refractivity contribution in [3.8, 4) is 0 Å². The van der Waals surface area contributed by atoms with Gasteiger partial charge in [0.2, 0.25) is 0 Å². The zero-order valence-corrected chi connectivity index (χ0v) is 6.55. The van der Waals surface area contributed by atoms with Gasteiger partial charge in [0.1, 0.15) is 0 Å². The largest absolute Gasteiger partial charge is 0.502 e. The molecule has 54 valence electrons. The van der Waals surface area contributed by atoms with Gasteiger partial charge in [0.25, 0.3) is 0 Å². The highest BCUT2D eigenvalue weighted by Gasteiger charge is 1.81. The van der Waals surface area contributed by atoms with Crippen LogP contribution in [-0.4, -0.2) is 6.61 Å². The lowest BCUT2D eigenvalue weighted by molar-refractivity contribution is 0.248. The van der Waals surface area contributed by atoms with E-state index in [0.717, 1.165) is 13.0 Å². The molecule has 0 aromatic rings. The van der Waals surface area contributed by atoms with Crippen LogP contribution in [0.5, 0.6) is 0 Å². The van der Waals surface area contributed by atoms with E-state index in [1.807, 2.05) is 0 Å². The van der Waals surface area contributed by atoms with Gasteiger partial charge in [0.15, 0.2) is 0 Å². The fourth-order valence-electron chi connectivity index (χ4n) is 0.399. The Balaban J connectivity index is 3.04. The lowest BCUT2D eigenvalue weighted by atomic mass is 10.2. The third-order valence-electron chi connectivity index (χ3n) is 0.882. The summed E-state index contributed by atoms with van der Waals surface area (Å²) in [4.78, 5) is 0. The average molecular weight is 128 g/mol. The first-order chi connectivity index (χ1) is 4.27. The Labute approximate surface area is 57.7 Å². The molecule has 0 saturated carbocycles. The minimum atomic E-state index is 0.599. The van der Waals surface area contributed by atoms with E-state index in [2.05, 4.69) is 26.8 Å². The highest BCUT2D eigenvalue weighted by Crippen LogP contribution is 1.93. The molecule has 0 aliphatic carbocycles. The molecule has 0 spiro atoms. The van der Waals surface area contributed by atoms with E-state index in [9.17, 15) is 0 Å². The van der Waals surface area contributed by atoms with Crippen LogP contribution in [0, 0.1) is 5.92 Å². The summed E-state index contributed by atoms with van der Waals surface area (Å²) in [6.45, 7) is 7.20. The molecule has 0 amide bonds. The van der Waals surface area contributed by atoms with Crippen LogP contribution in [0.1, 0.15) is 27.2 Å². The molecule has 1 heteroatoms. The molecule has 1 nitrogen and oxygen atoms in total. The Morgan fingerprint density at radius 1 is 1.44 bits per heavy atom. The van der Waals surface area contributed by atoms with Crippen molar-refractivity contribution in [2.24, 2.45) is 5.92 Å². The van der Waals surface area contributed by atoms with E-state index in [1.165, 1.54) is 0 Å². The quantitative estimate of drug-likeness (QED) is 0.417. The van der Waals surface area contributed by atoms with Crippen molar-refractivity contribution in [2.75, 3.05) is 6.61 Å². The minimum absolute atomic E-state index is 0.599. The summed E-state index contributed by atoms with van der Waals surface area (Å²) in [6.07, 6.45) is 4.92. The zero-order valence-electron chi connectivity index (χ0n) is 6.55. The van der Waals surface area contributed by atoms with E-state index < -0.39 is 0 Å². The SMILES string of the molecule is CCCOC=CC(C)C. The van der Waals surface area contributed by atoms with Crippen LogP contribution >= 0.6 is 0 Å². The smallest absolute Gasteiger partial charge is 0.0870 e. The van der Waals surface area contributed by atoms with Crippen LogP contribution in [-0.2, 0) is 4.74 Å². The number of hydrogen-bond acceptors (Lipinski definition) is 1. The lowest BCUT2D eigenvalue weighted by Gasteiger charge is -1.96. The number of rotatable bonds is 4. The van der Waals surface area contributed by atoms with Crippen molar-refractivity contribution >= 4 is 0 Å². The van der Waals surface area contributed by atoms with Gasteiger partial charge in [-0.05, 0) is 18.4 Å². The Morgan fingerprint density at radius 2 is 2.11 bits per heavy atom. The second-order valence-electron chi connectivity index (χ2n) is 2.44. The van der Waals surface area contributed by atoms with Crippen molar-refractivity contribution in [1.29, 1.82) is 0 Å². The standard InChI is InChI=1S/C8H16O/c1-4-6-9-7-5-8(2)3/h5,7-8H,4,6H2,1-3H3. The molecule has 0 atom stereocenters. The van der Waals surface area contributed by atoms with Gasteiger partial charge in [-0.1, -0.05) is 20.8 Å². The molecule has 0 N–H and O–H groups in total. The molecule has 0 aliphatic heterocycles. The van der Waals surface area contributed by atoms with Gasteiger partial charge in [-0.2, -0.15) is 0 Å². The van der Waals surface area contributed by atoms with E-state index in [4.69, 9.17) is 4.74 Å². The number of ether oxygens (including phenoxy) is 1. The summed E-state index contributed by atoms with van der Waals surface area (Å²) in [5.41, 5.74) is 0. The summed E-state index contributed by atoms with van der Waals surface area (Å²) in [5.74, 6) is 0.599. The molecule has 9 heavy (non-hydrogen) atoms. The molecule has 0 radical (unpaired) electrons. The molecule has 0 aromatic heterocycles. The molecule has 0 saturated heterocycles. The fraction of sp³-hybridized carbons (Fsp3) is 0.750. The zero-order chi connectivity index (χ0) is 7.11. The van der Waals surface area contributed by atoms with Gasteiger partial charge in [-0.15, -0.1) is 0 Å². The summed E-state index contributed by atoms with van der Waals surface area (Å²) >= 11 is 0. The van der Waals surface area contributed by atoms with Crippen LogP contribution in [0.25, 0.3) is 0 Å². The Kier molecular flexibility index (Phi) is 5.38. The van der Waals surface area contributed by atoms with E-state index in [1.54, 1.807) is 6.26 Å². The summed E-state index contributed by atoms with van der Waals surface area (Å²) in [6, 6.07) is 0. The Morgan fingerprint density at radius 3 is 2.56 bits per heavy atom. The maximum Gasteiger partial charge on any atom is 0.0870 e. The Bertz CT molecular complexity index is 74.6.